The molecule has 1 saturated heterocycles. The second kappa shape index (κ2) is 13.8. The molecule has 2 aromatic carbocycles. The first-order chi connectivity index (χ1) is 15.2. The van der Waals surface area contributed by atoms with Crippen molar-refractivity contribution >= 4 is 29.9 Å². The van der Waals surface area contributed by atoms with Crippen LogP contribution in [0.5, 0.6) is 0 Å². The van der Waals surface area contributed by atoms with Gasteiger partial charge in [-0.25, -0.2) is 0 Å². The number of ether oxygens (including phenoxy) is 1. The summed E-state index contributed by atoms with van der Waals surface area (Å²) in [5.41, 5.74) is 2.33. The summed E-state index contributed by atoms with van der Waals surface area (Å²) < 4.78 is 5.65. The van der Waals surface area contributed by atoms with Crippen molar-refractivity contribution in [3.8, 4) is 0 Å². The molecular formula is C25H37IN4O2. The van der Waals surface area contributed by atoms with Crippen LogP contribution in [0.4, 0.5) is 0 Å². The Kier molecular flexibility index (Phi) is 11.4. The number of aliphatic imine (C=N–C) groups is 1. The zero-order valence-corrected chi connectivity index (χ0v) is 21.4. The van der Waals surface area contributed by atoms with Gasteiger partial charge in [0.05, 0.1) is 6.61 Å². The third kappa shape index (κ3) is 7.72. The molecule has 176 valence electrons. The third-order valence-electron chi connectivity index (χ3n) is 6.10. The summed E-state index contributed by atoms with van der Waals surface area (Å²) in [5.74, 6) is 0.766. The molecule has 7 heteroatoms. The minimum Gasteiger partial charge on any atom is -0.396 e. The molecule has 3 rings (SSSR count). The van der Waals surface area contributed by atoms with E-state index in [9.17, 15) is 5.11 Å². The highest BCUT2D eigenvalue weighted by atomic mass is 127. The first-order valence-electron chi connectivity index (χ1n) is 11.2. The molecule has 0 spiro atoms. The maximum atomic E-state index is 9.82. The van der Waals surface area contributed by atoms with E-state index in [1.807, 2.05) is 36.4 Å². The van der Waals surface area contributed by atoms with Gasteiger partial charge in [0.25, 0.3) is 0 Å². The Morgan fingerprint density at radius 2 is 1.59 bits per heavy atom. The van der Waals surface area contributed by atoms with E-state index < -0.39 is 0 Å². The molecule has 0 aromatic heterocycles. The van der Waals surface area contributed by atoms with Crippen molar-refractivity contribution in [1.82, 2.24) is 16.0 Å². The number of hydrogen-bond acceptors (Lipinski definition) is 4. The molecule has 6 nitrogen and oxygen atoms in total. The lowest BCUT2D eigenvalue weighted by Crippen LogP contribution is -2.58. The zero-order chi connectivity index (χ0) is 21.9. The van der Waals surface area contributed by atoms with Crippen LogP contribution in [0.25, 0.3) is 0 Å². The highest BCUT2D eigenvalue weighted by Gasteiger charge is 2.34. The van der Waals surface area contributed by atoms with Gasteiger partial charge in [-0.1, -0.05) is 60.7 Å². The number of halogens is 1. The van der Waals surface area contributed by atoms with E-state index in [1.54, 1.807) is 7.05 Å². The molecule has 0 amide bonds. The van der Waals surface area contributed by atoms with Crippen LogP contribution in [-0.2, 0) is 4.74 Å². The van der Waals surface area contributed by atoms with Crippen LogP contribution in [0.15, 0.2) is 65.7 Å². The first-order valence-corrected chi connectivity index (χ1v) is 11.2. The Balaban J connectivity index is 0.00000363. The summed E-state index contributed by atoms with van der Waals surface area (Å²) in [7, 11) is 1.78. The molecule has 2 unspecified atom stereocenters. The van der Waals surface area contributed by atoms with Crippen molar-refractivity contribution in [2.24, 2.45) is 4.99 Å². The molecule has 0 radical (unpaired) electrons. The normalized spacial score (nSPS) is 17.7. The van der Waals surface area contributed by atoms with Crippen LogP contribution in [0.1, 0.15) is 42.9 Å². The van der Waals surface area contributed by atoms with Crippen molar-refractivity contribution in [3.63, 3.8) is 0 Å². The number of aliphatic hydroxyl groups is 1. The molecule has 32 heavy (non-hydrogen) atoms. The summed E-state index contributed by atoms with van der Waals surface area (Å²) in [6, 6.07) is 20.9. The van der Waals surface area contributed by atoms with E-state index in [0.717, 1.165) is 44.1 Å². The van der Waals surface area contributed by atoms with E-state index in [1.165, 1.54) is 5.56 Å². The second-order valence-corrected chi connectivity index (χ2v) is 8.27. The summed E-state index contributed by atoms with van der Waals surface area (Å²) >= 11 is 0. The van der Waals surface area contributed by atoms with Crippen LogP contribution in [-0.4, -0.2) is 56.6 Å². The minimum absolute atomic E-state index is 0. The van der Waals surface area contributed by atoms with Gasteiger partial charge in [-0.05, 0) is 30.9 Å². The predicted octanol–water partition coefficient (Wildman–Crippen LogP) is 3.45. The maximum Gasteiger partial charge on any atom is 0.191 e. The molecule has 4 N–H and O–H groups in total. The van der Waals surface area contributed by atoms with Crippen LogP contribution in [0, 0.1) is 0 Å². The Morgan fingerprint density at radius 3 is 2.16 bits per heavy atom. The SMILES string of the molecule is CN=C(NCC(CO)c1ccccc1)NCC1(NC(C)c2ccccc2)CCOCC1.I. The Bertz CT molecular complexity index is 798. The van der Waals surface area contributed by atoms with E-state index in [0.29, 0.717) is 6.54 Å². The first kappa shape index (κ1) is 26.6. The van der Waals surface area contributed by atoms with Crippen molar-refractivity contribution in [1.29, 1.82) is 0 Å². The molecular weight excluding hydrogens is 515 g/mol. The molecule has 2 atom stereocenters. The van der Waals surface area contributed by atoms with Gasteiger partial charge < -0.3 is 25.8 Å². The van der Waals surface area contributed by atoms with Gasteiger partial charge in [0.1, 0.15) is 0 Å². The summed E-state index contributed by atoms with van der Waals surface area (Å²) in [5, 5.41) is 20.6. The van der Waals surface area contributed by atoms with Gasteiger partial charge in [-0.3, -0.25) is 4.99 Å². The fourth-order valence-electron chi connectivity index (χ4n) is 4.13. The zero-order valence-electron chi connectivity index (χ0n) is 19.1. The van der Waals surface area contributed by atoms with Gasteiger partial charge in [0.15, 0.2) is 5.96 Å². The molecule has 0 saturated carbocycles. The number of benzene rings is 2. The lowest BCUT2D eigenvalue weighted by molar-refractivity contribution is 0.0355. The van der Waals surface area contributed by atoms with Crippen LogP contribution in [0.2, 0.25) is 0 Å². The average molecular weight is 553 g/mol. The molecule has 2 aromatic rings. The monoisotopic (exact) mass is 552 g/mol. The number of nitrogens with zero attached hydrogens (tertiary/aromatic N) is 1. The standard InChI is InChI=1S/C25H36N4O2.HI/c1-20(21-9-5-3-6-10-21)29-25(13-15-31-16-14-25)19-28-24(26-2)27-17-23(18-30)22-11-7-4-8-12-22;/h3-12,20,23,29-30H,13-19H2,1-2H3,(H2,26,27,28);1H. The topological polar surface area (TPSA) is 77.9 Å². The van der Waals surface area contributed by atoms with Crippen LogP contribution in [0.3, 0.4) is 0 Å². The lowest BCUT2D eigenvalue weighted by Gasteiger charge is -2.41. The van der Waals surface area contributed by atoms with E-state index in [-0.39, 0.29) is 48.1 Å². The van der Waals surface area contributed by atoms with Crippen molar-refractivity contribution in [2.45, 2.75) is 37.3 Å². The number of aliphatic hydroxyl groups excluding tert-OH is 1. The van der Waals surface area contributed by atoms with E-state index in [2.05, 4.69) is 52.1 Å². The van der Waals surface area contributed by atoms with Gasteiger partial charge in [0, 0.05) is 50.8 Å². The number of rotatable bonds is 9. The molecule has 1 aliphatic rings. The molecule has 0 aliphatic carbocycles. The second-order valence-electron chi connectivity index (χ2n) is 8.27. The minimum atomic E-state index is -0.0685. The fraction of sp³-hybridized carbons (Fsp3) is 0.480. The summed E-state index contributed by atoms with van der Waals surface area (Å²) in [4.78, 5) is 4.39. The number of guanidine groups is 1. The van der Waals surface area contributed by atoms with Gasteiger partial charge >= 0.3 is 0 Å². The average Bonchev–Trinajstić information content (AvgIpc) is 2.83. The van der Waals surface area contributed by atoms with E-state index >= 15 is 0 Å². The summed E-state index contributed by atoms with van der Waals surface area (Å²) in [6.45, 7) is 5.18. The smallest absolute Gasteiger partial charge is 0.191 e. The fourth-order valence-corrected chi connectivity index (χ4v) is 4.13. The van der Waals surface area contributed by atoms with Crippen molar-refractivity contribution in [2.75, 3.05) is 40.0 Å². The lowest BCUT2D eigenvalue weighted by atomic mass is 9.88. The molecule has 1 aliphatic heterocycles. The van der Waals surface area contributed by atoms with Crippen LogP contribution >= 0.6 is 24.0 Å². The number of nitrogens with one attached hydrogen (secondary N) is 3. The molecule has 0 bridgehead atoms. The predicted molar refractivity (Wildman–Crippen MR) is 142 cm³/mol. The highest BCUT2D eigenvalue weighted by molar-refractivity contribution is 14.0. The largest absolute Gasteiger partial charge is 0.396 e. The quantitative estimate of drug-likeness (QED) is 0.218. The van der Waals surface area contributed by atoms with Crippen molar-refractivity contribution in [3.05, 3.63) is 71.8 Å². The van der Waals surface area contributed by atoms with Gasteiger partial charge in [-0.15, -0.1) is 24.0 Å². The summed E-state index contributed by atoms with van der Waals surface area (Å²) in [6.07, 6.45) is 1.88. The highest BCUT2D eigenvalue weighted by Crippen LogP contribution is 2.25. The van der Waals surface area contributed by atoms with E-state index in [4.69, 9.17) is 4.74 Å². The Hall–Kier alpha value is -1.68. The third-order valence-corrected chi connectivity index (χ3v) is 6.10. The van der Waals surface area contributed by atoms with Crippen LogP contribution < -0.4 is 16.0 Å². The molecule has 1 heterocycles. The maximum absolute atomic E-state index is 9.82. The van der Waals surface area contributed by atoms with Crippen molar-refractivity contribution < 1.29 is 9.84 Å². The number of hydrogen-bond donors (Lipinski definition) is 4. The molecule has 1 fully saturated rings. The van der Waals surface area contributed by atoms with Gasteiger partial charge in [-0.2, -0.15) is 0 Å². The Morgan fingerprint density at radius 1 is 1.00 bits per heavy atom. The van der Waals surface area contributed by atoms with Gasteiger partial charge in [0.2, 0.25) is 0 Å². The Labute approximate surface area is 209 Å².